The van der Waals surface area contributed by atoms with Crippen LogP contribution in [0.25, 0.3) is 0 Å². The molecule has 0 aliphatic carbocycles. The number of nitrogens with two attached hydrogens (primary N) is 1. The van der Waals surface area contributed by atoms with Gasteiger partial charge in [0, 0.05) is 10.0 Å². The number of Topliss-reactive ketones (excluding diaryl/α,β-unsaturated/α-hetero) is 1. The predicted octanol–water partition coefficient (Wildman–Crippen LogP) is 2.41. The quantitative estimate of drug-likeness (QED) is 0.700. The van der Waals surface area contributed by atoms with Gasteiger partial charge in [0.2, 0.25) is 10.0 Å². The van der Waals surface area contributed by atoms with Crippen LogP contribution in [-0.2, 0) is 19.9 Å². The summed E-state index contributed by atoms with van der Waals surface area (Å²) in [6.07, 6.45) is 0. The van der Waals surface area contributed by atoms with E-state index in [1.807, 2.05) is 0 Å². The van der Waals surface area contributed by atoms with Gasteiger partial charge >= 0.3 is 0 Å². The highest BCUT2D eigenvalue weighted by atomic mass is 79.9. The van der Waals surface area contributed by atoms with Gasteiger partial charge in [-0.05, 0) is 30.3 Å². The SMILES string of the molecule is NS(=O)(=O)c1ccccc1S(=O)(=O)CC(=O)c1ccc(Br)cc1Cl. The molecule has 0 aliphatic rings. The van der Waals surface area contributed by atoms with Crippen LogP contribution < -0.4 is 5.14 Å². The lowest BCUT2D eigenvalue weighted by Gasteiger charge is -2.09. The number of ketones is 1. The number of rotatable bonds is 5. The van der Waals surface area contributed by atoms with Crippen molar-refractivity contribution in [1.82, 2.24) is 0 Å². The van der Waals surface area contributed by atoms with Crippen molar-refractivity contribution in [1.29, 1.82) is 0 Å². The van der Waals surface area contributed by atoms with Gasteiger partial charge in [-0.15, -0.1) is 0 Å². The van der Waals surface area contributed by atoms with Crippen molar-refractivity contribution in [3.63, 3.8) is 0 Å². The number of halogens is 2. The largest absolute Gasteiger partial charge is 0.293 e. The first kappa shape index (κ1) is 19.1. The zero-order chi connectivity index (χ0) is 18.1. The van der Waals surface area contributed by atoms with Crippen LogP contribution >= 0.6 is 27.5 Å². The Balaban J connectivity index is 2.45. The molecular formula is C14H11BrClNO5S2. The molecule has 0 fully saturated rings. The lowest BCUT2D eigenvalue weighted by atomic mass is 10.1. The van der Waals surface area contributed by atoms with Crippen molar-refractivity contribution in [2.75, 3.05) is 5.75 Å². The summed E-state index contributed by atoms with van der Waals surface area (Å²) in [6.45, 7) is 0. The molecule has 2 N–H and O–H groups in total. The molecule has 128 valence electrons. The Bertz CT molecular complexity index is 1020. The number of primary sulfonamides is 1. The normalized spacial score (nSPS) is 12.1. The van der Waals surface area contributed by atoms with Gasteiger partial charge in [-0.2, -0.15) is 0 Å². The molecule has 0 radical (unpaired) electrons. The predicted molar refractivity (Wildman–Crippen MR) is 93.4 cm³/mol. The van der Waals surface area contributed by atoms with Gasteiger partial charge in [0.15, 0.2) is 15.6 Å². The van der Waals surface area contributed by atoms with E-state index in [-0.39, 0.29) is 10.6 Å². The molecule has 0 amide bonds. The zero-order valence-corrected chi connectivity index (χ0v) is 15.9. The number of hydrogen-bond acceptors (Lipinski definition) is 5. The minimum absolute atomic E-state index is 0.0246. The average molecular weight is 453 g/mol. The summed E-state index contributed by atoms with van der Waals surface area (Å²) in [7, 11) is -8.48. The Hall–Kier alpha value is -1.26. The molecule has 0 aromatic heterocycles. The van der Waals surface area contributed by atoms with Gasteiger partial charge in [-0.1, -0.05) is 39.7 Å². The van der Waals surface area contributed by atoms with Crippen molar-refractivity contribution in [2.45, 2.75) is 9.79 Å². The van der Waals surface area contributed by atoms with E-state index >= 15 is 0 Å². The Labute approximate surface area is 152 Å². The zero-order valence-electron chi connectivity index (χ0n) is 11.9. The van der Waals surface area contributed by atoms with Crippen LogP contribution in [0, 0.1) is 0 Å². The third kappa shape index (κ3) is 4.22. The maximum absolute atomic E-state index is 12.5. The second kappa shape index (κ2) is 6.93. The maximum atomic E-state index is 12.5. The van der Waals surface area contributed by atoms with Crippen LogP contribution in [0.5, 0.6) is 0 Å². The molecule has 0 aliphatic heterocycles. The van der Waals surface area contributed by atoms with Gasteiger partial charge in [0.25, 0.3) is 0 Å². The fourth-order valence-electron chi connectivity index (χ4n) is 1.99. The minimum atomic E-state index is -4.25. The number of hydrogen-bond donors (Lipinski definition) is 1. The van der Waals surface area contributed by atoms with E-state index in [2.05, 4.69) is 15.9 Å². The summed E-state index contributed by atoms with van der Waals surface area (Å²) in [5, 5.41) is 5.12. The highest BCUT2D eigenvalue weighted by Crippen LogP contribution is 2.25. The molecular weight excluding hydrogens is 442 g/mol. The van der Waals surface area contributed by atoms with Gasteiger partial charge in [-0.3, -0.25) is 4.79 Å². The number of benzene rings is 2. The molecule has 0 saturated carbocycles. The average Bonchev–Trinajstić information content (AvgIpc) is 2.45. The third-order valence-corrected chi connectivity index (χ3v) is 6.62. The molecule has 10 heteroatoms. The van der Waals surface area contributed by atoms with E-state index in [1.54, 1.807) is 6.07 Å². The summed E-state index contributed by atoms with van der Waals surface area (Å²) in [5.41, 5.74) is 0.0246. The summed E-state index contributed by atoms with van der Waals surface area (Å²) >= 11 is 9.12. The molecule has 2 rings (SSSR count). The lowest BCUT2D eigenvalue weighted by Crippen LogP contribution is -2.21. The Morgan fingerprint density at radius 3 is 2.17 bits per heavy atom. The van der Waals surface area contributed by atoms with Crippen LogP contribution in [0.1, 0.15) is 10.4 Å². The highest BCUT2D eigenvalue weighted by Gasteiger charge is 2.27. The van der Waals surface area contributed by atoms with Crippen molar-refractivity contribution in [2.24, 2.45) is 5.14 Å². The second-order valence-electron chi connectivity index (χ2n) is 4.80. The first-order chi connectivity index (χ1) is 11.0. The Kier molecular flexibility index (Phi) is 5.50. The molecule has 0 heterocycles. The summed E-state index contributed by atoms with van der Waals surface area (Å²) in [6, 6.07) is 9.23. The second-order valence-corrected chi connectivity index (χ2v) is 9.61. The van der Waals surface area contributed by atoms with Crippen LogP contribution in [-0.4, -0.2) is 28.4 Å². The molecule has 0 bridgehead atoms. The molecule has 6 nitrogen and oxygen atoms in total. The number of sulfone groups is 1. The topological polar surface area (TPSA) is 111 Å². The molecule has 2 aromatic rings. The minimum Gasteiger partial charge on any atom is -0.293 e. The standard InChI is InChI=1S/C14H11BrClNO5S2/c15-9-5-6-10(11(16)7-9)12(18)8-23(19,20)13-3-1-2-4-14(13)24(17,21)22/h1-7H,8H2,(H2,17,21,22). The molecule has 0 atom stereocenters. The van der Waals surface area contributed by atoms with Crippen molar-refractivity contribution in [3.8, 4) is 0 Å². The lowest BCUT2D eigenvalue weighted by molar-refractivity contribution is 0.102. The van der Waals surface area contributed by atoms with Gasteiger partial charge < -0.3 is 0 Å². The van der Waals surface area contributed by atoms with Crippen molar-refractivity contribution >= 4 is 53.2 Å². The van der Waals surface area contributed by atoms with E-state index in [0.29, 0.717) is 4.47 Å². The van der Waals surface area contributed by atoms with Crippen LogP contribution in [0.4, 0.5) is 0 Å². The smallest absolute Gasteiger partial charge is 0.239 e. The summed E-state index contributed by atoms with van der Waals surface area (Å²) in [5.74, 6) is -1.68. The highest BCUT2D eigenvalue weighted by molar-refractivity contribution is 9.10. The van der Waals surface area contributed by atoms with Gasteiger partial charge in [0.1, 0.15) is 10.6 Å². The van der Waals surface area contributed by atoms with Gasteiger partial charge in [-0.25, -0.2) is 22.0 Å². The molecule has 0 unspecified atom stereocenters. The summed E-state index contributed by atoms with van der Waals surface area (Å²) in [4.78, 5) is 11.2. The van der Waals surface area contributed by atoms with E-state index in [1.165, 1.54) is 24.3 Å². The maximum Gasteiger partial charge on any atom is 0.239 e. The van der Waals surface area contributed by atoms with Crippen molar-refractivity contribution in [3.05, 3.63) is 57.5 Å². The number of carbonyl (C=O) groups excluding carboxylic acids is 1. The third-order valence-electron chi connectivity index (χ3n) is 3.04. The monoisotopic (exact) mass is 451 g/mol. The van der Waals surface area contributed by atoms with E-state index in [4.69, 9.17) is 16.7 Å². The number of carbonyl (C=O) groups is 1. The molecule has 0 saturated heterocycles. The molecule has 0 spiro atoms. The Morgan fingerprint density at radius 2 is 1.62 bits per heavy atom. The van der Waals surface area contributed by atoms with E-state index in [9.17, 15) is 21.6 Å². The first-order valence-electron chi connectivity index (χ1n) is 6.35. The van der Waals surface area contributed by atoms with Crippen LogP contribution in [0.3, 0.4) is 0 Å². The Morgan fingerprint density at radius 1 is 1.04 bits per heavy atom. The fraction of sp³-hybridized carbons (Fsp3) is 0.0714. The van der Waals surface area contributed by atoms with Crippen molar-refractivity contribution < 1.29 is 21.6 Å². The fourth-order valence-corrected chi connectivity index (χ4v) is 5.43. The number of sulfonamides is 1. The van der Waals surface area contributed by atoms with Gasteiger partial charge in [0.05, 0.1) is 9.92 Å². The summed E-state index contributed by atoms with van der Waals surface area (Å²) < 4.78 is 48.7. The van der Waals surface area contributed by atoms with E-state index in [0.717, 1.165) is 12.1 Å². The van der Waals surface area contributed by atoms with E-state index < -0.39 is 41.2 Å². The van der Waals surface area contributed by atoms with Crippen LogP contribution in [0.15, 0.2) is 56.7 Å². The molecule has 2 aromatic carbocycles. The first-order valence-corrected chi connectivity index (χ1v) is 10.7. The molecule has 24 heavy (non-hydrogen) atoms. The van der Waals surface area contributed by atoms with Crippen LogP contribution in [0.2, 0.25) is 5.02 Å².